The third-order valence-corrected chi connectivity index (χ3v) is 7.33. The van der Waals surface area contributed by atoms with Gasteiger partial charge in [-0.1, -0.05) is 53.1 Å². The molecular formula is C29H27FO6S. The molecule has 1 aliphatic heterocycles. The summed E-state index contributed by atoms with van der Waals surface area (Å²) in [6, 6.07) is 20.2. The number of hydrogen-bond donors (Lipinski definition) is 0. The second-order valence-electron chi connectivity index (χ2n) is 8.96. The number of rotatable bonds is 7. The van der Waals surface area contributed by atoms with E-state index in [0.29, 0.717) is 5.56 Å². The van der Waals surface area contributed by atoms with Gasteiger partial charge >= 0.3 is 17.9 Å². The normalized spacial score (nSPS) is 20.8. The van der Waals surface area contributed by atoms with Crippen LogP contribution in [0.2, 0.25) is 0 Å². The second kappa shape index (κ2) is 11.6. The summed E-state index contributed by atoms with van der Waals surface area (Å²) in [7, 11) is 0. The fourth-order valence-corrected chi connectivity index (χ4v) is 5.03. The molecule has 0 bridgehead atoms. The predicted octanol–water partition coefficient (Wildman–Crippen LogP) is 5.63. The van der Waals surface area contributed by atoms with Crippen LogP contribution < -0.4 is 0 Å². The molecule has 3 aromatic carbocycles. The minimum absolute atomic E-state index is 0.234. The molecule has 1 saturated heterocycles. The zero-order valence-electron chi connectivity index (χ0n) is 20.7. The fraction of sp³-hybridized carbons (Fsp3) is 0.276. The number of alkyl halides is 1. The quantitative estimate of drug-likeness (QED) is 0.294. The smallest absolute Gasteiger partial charge is 0.339 e. The Morgan fingerprint density at radius 2 is 1.08 bits per heavy atom. The van der Waals surface area contributed by atoms with Crippen molar-refractivity contribution in [2.24, 2.45) is 0 Å². The van der Waals surface area contributed by atoms with E-state index in [4.69, 9.17) is 14.2 Å². The molecule has 0 saturated carbocycles. The van der Waals surface area contributed by atoms with E-state index in [-0.39, 0.29) is 17.7 Å². The summed E-state index contributed by atoms with van der Waals surface area (Å²) in [5.74, 6) is -1.99. The molecule has 0 N–H and O–H groups in total. The number of carbonyl (C=O) groups excluding carboxylic acids is 3. The first-order valence-electron chi connectivity index (χ1n) is 11.8. The number of carbonyl (C=O) groups is 3. The lowest BCUT2D eigenvalue weighted by atomic mass is 10.1. The first-order chi connectivity index (χ1) is 17.7. The van der Waals surface area contributed by atoms with E-state index in [2.05, 4.69) is 0 Å². The monoisotopic (exact) mass is 522 g/mol. The molecule has 0 aliphatic carbocycles. The Morgan fingerprint density at radius 1 is 0.676 bits per heavy atom. The molecule has 4 rings (SSSR count). The predicted molar refractivity (Wildman–Crippen MR) is 139 cm³/mol. The average molecular weight is 523 g/mol. The summed E-state index contributed by atoms with van der Waals surface area (Å²) in [5.41, 5.74) is 2.56. The highest BCUT2D eigenvalue weighted by Gasteiger charge is 2.50. The van der Waals surface area contributed by atoms with Gasteiger partial charge in [-0.15, -0.1) is 11.8 Å². The molecule has 192 valence electrons. The van der Waals surface area contributed by atoms with Crippen LogP contribution in [0.3, 0.4) is 0 Å². The van der Waals surface area contributed by atoms with Crippen molar-refractivity contribution in [3.8, 4) is 0 Å². The molecule has 1 unspecified atom stereocenters. The molecule has 0 radical (unpaired) electrons. The topological polar surface area (TPSA) is 78.9 Å². The van der Waals surface area contributed by atoms with Gasteiger partial charge in [0.25, 0.3) is 0 Å². The molecule has 1 aliphatic rings. The van der Waals surface area contributed by atoms with Crippen molar-refractivity contribution >= 4 is 29.7 Å². The van der Waals surface area contributed by atoms with E-state index < -0.39 is 40.9 Å². The molecule has 0 aromatic heterocycles. The molecule has 3 aromatic rings. The maximum absolute atomic E-state index is 15.6. The zero-order chi connectivity index (χ0) is 26.5. The highest BCUT2D eigenvalue weighted by atomic mass is 32.2. The summed E-state index contributed by atoms with van der Waals surface area (Å²) in [4.78, 5) is 37.9. The number of thioether (sulfide) groups is 1. The van der Waals surface area contributed by atoms with Gasteiger partial charge in [-0.25, -0.2) is 18.8 Å². The van der Waals surface area contributed by atoms with Gasteiger partial charge in [0.15, 0.2) is 17.7 Å². The van der Waals surface area contributed by atoms with Crippen LogP contribution in [0.5, 0.6) is 0 Å². The highest BCUT2D eigenvalue weighted by Crippen LogP contribution is 2.40. The maximum Gasteiger partial charge on any atom is 0.339 e. The minimum atomic E-state index is -1.82. The number of halogens is 1. The first kappa shape index (κ1) is 26.4. The third kappa shape index (κ3) is 6.57. The van der Waals surface area contributed by atoms with Crippen molar-refractivity contribution in [1.82, 2.24) is 0 Å². The Kier molecular flexibility index (Phi) is 8.28. The molecule has 1 fully saturated rings. The number of esters is 3. The van der Waals surface area contributed by atoms with E-state index in [1.54, 1.807) is 72.8 Å². The zero-order valence-corrected chi connectivity index (χ0v) is 21.5. The molecule has 0 spiro atoms. The van der Waals surface area contributed by atoms with Crippen molar-refractivity contribution in [2.75, 3.05) is 6.61 Å². The maximum atomic E-state index is 15.6. The molecular weight excluding hydrogens is 495 g/mol. The van der Waals surface area contributed by atoms with Gasteiger partial charge in [0.05, 0.1) is 21.9 Å². The Bertz CT molecular complexity index is 1260. The van der Waals surface area contributed by atoms with Gasteiger partial charge in [0.2, 0.25) is 0 Å². The highest BCUT2D eigenvalue weighted by molar-refractivity contribution is 8.00. The van der Waals surface area contributed by atoms with Crippen molar-refractivity contribution in [1.29, 1.82) is 0 Å². The molecule has 1 heterocycles. The Hall–Kier alpha value is -3.65. The van der Waals surface area contributed by atoms with Crippen molar-refractivity contribution in [3.63, 3.8) is 0 Å². The molecule has 4 atom stereocenters. The summed E-state index contributed by atoms with van der Waals surface area (Å²) in [5, 5.41) is -0.783. The second-order valence-corrected chi connectivity index (χ2v) is 10.3. The van der Waals surface area contributed by atoms with Crippen molar-refractivity contribution in [2.45, 2.75) is 43.7 Å². The molecule has 8 heteroatoms. The lowest BCUT2D eigenvalue weighted by Gasteiger charge is -2.20. The van der Waals surface area contributed by atoms with Crippen LogP contribution in [0.25, 0.3) is 0 Å². The van der Waals surface area contributed by atoms with Crippen LogP contribution in [0.4, 0.5) is 4.39 Å². The number of aryl methyl sites for hydroxylation is 3. The van der Waals surface area contributed by atoms with Gasteiger partial charge in [0.1, 0.15) is 6.61 Å². The Labute approximate surface area is 219 Å². The van der Waals surface area contributed by atoms with Crippen LogP contribution in [0.1, 0.15) is 47.8 Å². The van der Waals surface area contributed by atoms with Gasteiger partial charge in [-0.3, -0.25) is 0 Å². The summed E-state index contributed by atoms with van der Waals surface area (Å²) in [6.07, 6.45) is -3.11. The Morgan fingerprint density at radius 3 is 1.54 bits per heavy atom. The van der Waals surface area contributed by atoms with Gasteiger partial charge in [0, 0.05) is 0 Å². The lowest BCUT2D eigenvalue weighted by Crippen LogP contribution is -2.37. The molecule has 37 heavy (non-hydrogen) atoms. The SMILES string of the molecule is Cc1ccc(C(=O)OC[C@H]2SC(OC(=O)c3ccc(C)cc3)[C@H](F)[C@@H]2OC(=O)c2ccc(C)cc2)cc1. The number of ether oxygens (including phenoxy) is 3. The number of hydrogen-bond acceptors (Lipinski definition) is 7. The fourth-order valence-electron chi connectivity index (χ4n) is 3.73. The van der Waals surface area contributed by atoms with Crippen molar-refractivity contribution in [3.05, 3.63) is 106 Å². The summed E-state index contributed by atoms with van der Waals surface area (Å²) >= 11 is 0.960. The van der Waals surface area contributed by atoms with Gasteiger partial charge in [-0.05, 0) is 57.2 Å². The average Bonchev–Trinajstić information content (AvgIpc) is 3.17. The van der Waals surface area contributed by atoms with Crippen LogP contribution in [-0.4, -0.2) is 47.5 Å². The van der Waals surface area contributed by atoms with E-state index in [1.165, 1.54) is 0 Å². The van der Waals surface area contributed by atoms with Crippen molar-refractivity contribution < 1.29 is 33.0 Å². The largest absolute Gasteiger partial charge is 0.461 e. The third-order valence-electron chi connectivity index (χ3n) is 5.96. The standard InChI is InChI=1S/C29H27FO6S/c1-17-4-10-20(11-5-17)26(31)34-16-23-25(35-27(32)21-12-6-18(2)7-13-21)24(30)29(37-23)36-28(33)22-14-8-19(3)9-15-22/h4-15,23-25,29H,16H2,1-3H3/t23-,24-,25-,29?/m1/s1. The van der Waals surface area contributed by atoms with E-state index in [1.807, 2.05) is 20.8 Å². The van der Waals surface area contributed by atoms with E-state index in [0.717, 1.165) is 28.5 Å². The number of benzene rings is 3. The first-order valence-corrected chi connectivity index (χ1v) is 12.7. The van der Waals surface area contributed by atoms with Crippen LogP contribution in [0, 0.1) is 20.8 Å². The van der Waals surface area contributed by atoms with Crippen LogP contribution >= 0.6 is 11.8 Å². The Balaban J connectivity index is 1.48. The minimum Gasteiger partial charge on any atom is -0.461 e. The summed E-state index contributed by atoms with van der Waals surface area (Å²) in [6.45, 7) is 5.43. The van der Waals surface area contributed by atoms with Gasteiger partial charge < -0.3 is 14.2 Å². The van der Waals surface area contributed by atoms with E-state index in [9.17, 15) is 14.4 Å². The van der Waals surface area contributed by atoms with E-state index >= 15 is 4.39 Å². The van der Waals surface area contributed by atoms with Crippen LogP contribution in [0.15, 0.2) is 72.8 Å². The molecule has 6 nitrogen and oxygen atoms in total. The van der Waals surface area contributed by atoms with Crippen LogP contribution in [-0.2, 0) is 14.2 Å². The lowest BCUT2D eigenvalue weighted by molar-refractivity contribution is -0.0186. The van der Waals surface area contributed by atoms with Gasteiger partial charge in [-0.2, -0.15) is 0 Å². The summed E-state index contributed by atoms with van der Waals surface area (Å²) < 4.78 is 32.0. The molecule has 0 amide bonds.